The number of nitrogens with one attached hydrogen (secondary N) is 1. The number of hydrogen-bond donors (Lipinski definition) is 1. The molecule has 1 amide bonds. The van der Waals surface area contributed by atoms with Gasteiger partial charge in [-0.1, -0.05) is 23.2 Å². The van der Waals surface area contributed by atoms with Crippen LogP contribution in [-0.2, 0) is 14.8 Å². The summed E-state index contributed by atoms with van der Waals surface area (Å²) in [6.07, 6.45) is 1.02. The summed E-state index contributed by atoms with van der Waals surface area (Å²) in [6.45, 7) is 1.48. The molecule has 2 aromatic carbocycles. The van der Waals surface area contributed by atoms with Crippen molar-refractivity contribution in [2.24, 2.45) is 0 Å². The molecule has 0 saturated carbocycles. The van der Waals surface area contributed by atoms with Crippen LogP contribution in [0.3, 0.4) is 0 Å². The summed E-state index contributed by atoms with van der Waals surface area (Å²) in [5, 5.41) is 3.25. The molecule has 0 aliphatic carbocycles. The van der Waals surface area contributed by atoms with E-state index in [0.717, 1.165) is 10.6 Å². The number of nitrogens with zero attached hydrogens (tertiary/aromatic N) is 1. The molecule has 0 aromatic heterocycles. The molecule has 1 N–H and O–H groups in total. The zero-order valence-corrected chi connectivity index (χ0v) is 18.0. The summed E-state index contributed by atoms with van der Waals surface area (Å²) >= 11 is 11.8. The molecule has 0 bridgehead atoms. The van der Waals surface area contributed by atoms with Crippen molar-refractivity contribution in [1.29, 1.82) is 0 Å². The zero-order chi connectivity index (χ0) is 21.1. The van der Waals surface area contributed by atoms with Crippen LogP contribution in [-0.4, -0.2) is 40.8 Å². The number of ether oxygens (including phenoxy) is 2. The molecule has 2 aromatic rings. The molecular weight excluding hydrogens is 427 g/mol. The smallest absolute Gasteiger partial charge is 0.247 e. The highest BCUT2D eigenvalue weighted by Crippen LogP contribution is 2.33. The zero-order valence-electron chi connectivity index (χ0n) is 15.7. The van der Waals surface area contributed by atoms with Crippen molar-refractivity contribution in [3.8, 4) is 11.5 Å². The molecule has 1 atom stereocenters. The van der Waals surface area contributed by atoms with E-state index in [1.54, 1.807) is 12.1 Å². The van der Waals surface area contributed by atoms with Crippen LogP contribution < -0.4 is 19.1 Å². The normalized spacial score (nSPS) is 12.2. The lowest BCUT2D eigenvalue weighted by atomic mass is 10.2. The van der Waals surface area contributed by atoms with Crippen LogP contribution in [0.4, 0.5) is 11.4 Å². The van der Waals surface area contributed by atoms with Crippen molar-refractivity contribution in [3.63, 3.8) is 0 Å². The fraction of sp³-hybridized carbons (Fsp3) is 0.278. The topological polar surface area (TPSA) is 84.9 Å². The number of halogens is 2. The quantitative estimate of drug-likeness (QED) is 0.698. The van der Waals surface area contributed by atoms with Gasteiger partial charge in [0.1, 0.15) is 6.04 Å². The number of rotatable bonds is 7. The minimum absolute atomic E-state index is 0.261. The highest BCUT2D eigenvalue weighted by molar-refractivity contribution is 7.92. The Morgan fingerprint density at radius 2 is 1.68 bits per heavy atom. The summed E-state index contributed by atoms with van der Waals surface area (Å²) in [6, 6.07) is 8.12. The van der Waals surface area contributed by atoms with E-state index in [2.05, 4.69) is 5.32 Å². The van der Waals surface area contributed by atoms with E-state index in [1.165, 1.54) is 45.4 Å². The van der Waals surface area contributed by atoms with Crippen molar-refractivity contribution in [3.05, 3.63) is 46.4 Å². The van der Waals surface area contributed by atoms with E-state index in [9.17, 15) is 13.2 Å². The highest BCUT2D eigenvalue weighted by atomic mass is 35.5. The minimum Gasteiger partial charge on any atom is -0.493 e. The first kappa shape index (κ1) is 22.1. The van der Waals surface area contributed by atoms with Gasteiger partial charge in [-0.3, -0.25) is 9.10 Å². The van der Waals surface area contributed by atoms with E-state index in [-0.39, 0.29) is 10.7 Å². The predicted octanol–water partition coefficient (Wildman–Crippen LogP) is 3.80. The first-order chi connectivity index (χ1) is 13.1. The molecule has 0 radical (unpaired) electrons. The molecule has 0 aliphatic rings. The Morgan fingerprint density at radius 3 is 2.21 bits per heavy atom. The minimum atomic E-state index is -3.78. The van der Waals surface area contributed by atoms with E-state index in [4.69, 9.17) is 32.7 Å². The monoisotopic (exact) mass is 446 g/mol. The first-order valence-electron chi connectivity index (χ1n) is 8.05. The molecule has 0 fully saturated rings. The molecular formula is C18H20Cl2N2O5S. The number of carbonyl (C=O) groups excluding carboxylic acids is 1. The molecule has 0 unspecified atom stereocenters. The van der Waals surface area contributed by atoms with Crippen LogP contribution in [0.5, 0.6) is 11.5 Å². The van der Waals surface area contributed by atoms with E-state index < -0.39 is 22.0 Å². The van der Waals surface area contributed by atoms with Gasteiger partial charge in [0.15, 0.2) is 11.5 Å². The summed E-state index contributed by atoms with van der Waals surface area (Å²) in [4.78, 5) is 12.7. The average molecular weight is 447 g/mol. The first-order valence-corrected chi connectivity index (χ1v) is 10.7. The Balaban J connectivity index is 2.37. The molecule has 0 spiro atoms. The average Bonchev–Trinajstić information content (AvgIpc) is 2.63. The van der Waals surface area contributed by atoms with Crippen LogP contribution in [0, 0.1) is 0 Å². The van der Waals surface area contributed by atoms with Gasteiger partial charge in [-0.25, -0.2) is 8.42 Å². The van der Waals surface area contributed by atoms with Crippen LogP contribution in [0.1, 0.15) is 6.92 Å². The van der Waals surface area contributed by atoms with Crippen molar-refractivity contribution >= 4 is 50.5 Å². The van der Waals surface area contributed by atoms with E-state index in [0.29, 0.717) is 22.2 Å². The lowest BCUT2D eigenvalue weighted by Gasteiger charge is -2.28. The summed E-state index contributed by atoms with van der Waals surface area (Å²) in [5.41, 5.74) is 0.656. The lowest BCUT2D eigenvalue weighted by molar-refractivity contribution is -0.116. The van der Waals surface area contributed by atoms with Crippen molar-refractivity contribution in [1.82, 2.24) is 0 Å². The van der Waals surface area contributed by atoms with Crippen LogP contribution in [0.15, 0.2) is 36.4 Å². The van der Waals surface area contributed by atoms with Gasteiger partial charge in [0.05, 0.1) is 36.2 Å². The van der Waals surface area contributed by atoms with Crippen LogP contribution in [0.2, 0.25) is 10.0 Å². The second kappa shape index (κ2) is 8.89. The third-order valence-electron chi connectivity index (χ3n) is 3.90. The maximum atomic E-state index is 12.7. The van der Waals surface area contributed by atoms with Gasteiger partial charge in [-0.15, -0.1) is 0 Å². The van der Waals surface area contributed by atoms with E-state index in [1.807, 2.05) is 0 Å². The number of anilines is 2. The van der Waals surface area contributed by atoms with Gasteiger partial charge in [-0.2, -0.15) is 0 Å². The molecule has 152 valence electrons. The number of carbonyl (C=O) groups is 1. The molecule has 0 aliphatic heterocycles. The van der Waals surface area contributed by atoms with Gasteiger partial charge in [-0.05, 0) is 37.3 Å². The fourth-order valence-electron chi connectivity index (χ4n) is 2.59. The lowest BCUT2D eigenvalue weighted by Crippen LogP contribution is -2.45. The number of methoxy groups -OCH3 is 2. The van der Waals surface area contributed by atoms with Gasteiger partial charge in [0.25, 0.3) is 0 Å². The highest BCUT2D eigenvalue weighted by Gasteiger charge is 2.30. The SMILES string of the molecule is COc1ccc(N([C@H](C)C(=O)Nc2ccc(Cl)c(Cl)c2)S(C)(=O)=O)cc1OC. The molecule has 7 nitrogen and oxygen atoms in total. The van der Waals surface area contributed by atoms with E-state index >= 15 is 0 Å². The number of benzene rings is 2. The third-order valence-corrected chi connectivity index (χ3v) is 5.88. The Labute approximate surface area is 174 Å². The number of hydrogen-bond acceptors (Lipinski definition) is 5. The third kappa shape index (κ3) is 5.01. The van der Waals surface area contributed by atoms with Crippen molar-refractivity contribution < 1.29 is 22.7 Å². The second-order valence-corrected chi connectivity index (χ2v) is 8.57. The van der Waals surface area contributed by atoms with Crippen molar-refractivity contribution in [2.75, 3.05) is 30.1 Å². The molecule has 0 heterocycles. The molecule has 2 rings (SSSR count). The van der Waals surface area contributed by atoms with Gasteiger partial charge in [0, 0.05) is 11.8 Å². The van der Waals surface area contributed by atoms with Gasteiger partial charge < -0.3 is 14.8 Å². The maximum absolute atomic E-state index is 12.7. The van der Waals surface area contributed by atoms with Crippen LogP contribution >= 0.6 is 23.2 Å². The summed E-state index contributed by atoms with van der Waals surface area (Å²) in [5.74, 6) is 0.233. The van der Waals surface area contributed by atoms with Gasteiger partial charge >= 0.3 is 0 Å². The van der Waals surface area contributed by atoms with Gasteiger partial charge in [0.2, 0.25) is 15.9 Å². The standard InChI is InChI=1S/C18H20Cl2N2O5S/c1-11(18(23)21-12-5-7-14(19)15(20)9-12)22(28(4,24)25)13-6-8-16(26-2)17(10-13)27-3/h5-11H,1-4H3,(H,21,23)/t11-/m1/s1. The largest absolute Gasteiger partial charge is 0.493 e. The Bertz CT molecular complexity index is 982. The summed E-state index contributed by atoms with van der Waals surface area (Å²) < 4.78 is 36.2. The van der Waals surface area contributed by atoms with Crippen LogP contribution in [0.25, 0.3) is 0 Å². The fourth-order valence-corrected chi connectivity index (χ4v) is 4.06. The molecule has 0 saturated heterocycles. The Hall–Kier alpha value is -2.16. The Morgan fingerprint density at radius 1 is 1.04 bits per heavy atom. The maximum Gasteiger partial charge on any atom is 0.247 e. The number of amides is 1. The molecule has 10 heteroatoms. The second-order valence-electron chi connectivity index (χ2n) is 5.89. The number of sulfonamides is 1. The molecule has 28 heavy (non-hydrogen) atoms. The predicted molar refractivity (Wildman–Crippen MR) is 111 cm³/mol. The Kier molecular flexibility index (Phi) is 7.03. The summed E-state index contributed by atoms with van der Waals surface area (Å²) in [7, 11) is -0.876. The van der Waals surface area contributed by atoms with Crippen molar-refractivity contribution in [2.45, 2.75) is 13.0 Å².